The van der Waals surface area contributed by atoms with E-state index in [-0.39, 0.29) is 37.5 Å². The number of allylic oxidation sites excluding steroid dienone is 22. The summed E-state index contributed by atoms with van der Waals surface area (Å²) in [6.45, 7) is 6.32. The maximum atomic E-state index is 12.9. The van der Waals surface area contributed by atoms with E-state index in [9.17, 15) is 14.4 Å². The van der Waals surface area contributed by atoms with Gasteiger partial charge in [0.05, 0.1) is 0 Å². The Morgan fingerprint density at radius 1 is 0.296 bits per heavy atom. The third kappa shape index (κ3) is 56.3. The molecule has 0 rings (SSSR count). The zero-order valence-corrected chi connectivity index (χ0v) is 45.7. The summed E-state index contributed by atoms with van der Waals surface area (Å²) in [5.74, 6) is -0.976. The summed E-state index contributed by atoms with van der Waals surface area (Å²) in [4.78, 5) is 38.2. The molecular weight excluding hydrogens is 877 g/mol. The zero-order chi connectivity index (χ0) is 51.4. The first kappa shape index (κ1) is 66.6. The fraction of sp³-hybridized carbons (Fsp3) is 0.615. The van der Waals surface area contributed by atoms with E-state index >= 15 is 0 Å². The van der Waals surface area contributed by atoms with E-state index in [0.717, 1.165) is 141 Å². The lowest BCUT2D eigenvalue weighted by Crippen LogP contribution is -2.30. The summed E-state index contributed by atoms with van der Waals surface area (Å²) in [5.41, 5.74) is 0. The molecule has 71 heavy (non-hydrogen) atoms. The molecule has 0 aromatic carbocycles. The van der Waals surface area contributed by atoms with E-state index in [0.29, 0.717) is 19.3 Å². The van der Waals surface area contributed by atoms with Crippen molar-refractivity contribution in [1.29, 1.82) is 0 Å². The molecule has 1 atom stereocenters. The molecule has 6 nitrogen and oxygen atoms in total. The molecule has 0 saturated heterocycles. The van der Waals surface area contributed by atoms with Gasteiger partial charge in [0.15, 0.2) is 6.10 Å². The molecule has 0 amide bonds. The maximum Gasteiger partial charge on any atom is 0.306 e. The van der Waals surface area contributed by atoms with E-state index in [1.807, 2.05) is 0 Å². The van der Waals surface area contributed by atoms with E-state index in [4.69, 9.17) is 14.2 Å². The Morgan fingerprint density at radius 2 is 0.549 bits per heavy atom. The van der Waals surface area contributed by atoms with Crippen LogP contribution in [0.25, 0.3) is 0 Å². The van der Waals surface area contributed by atoms with E-state index < -0.39 is 6.10 Å². The van der Waals surface area contributed by atoms with Gasteiger partial charge in [-0.1, -0.05) is 219 Å². The molecule has 0 fully saturated rings. The van der Waals surface area contributed by atoms with Crippen molar-refractivity contribution in [3.8, 4) is 0 Å². The summed E-state index contributed by atoms with van der Waals surface area (Å²) in [7, 11) is 0. The third-order valence-corrected chi connectivity index (χ3v) is 11.6. The highest BCUT2D eigenvalue weighted by molar-refractivity contribution is 5.71. The summed E-state index contributed by atoms with van der Waals surface area (Å²) < 4.78 is 16.8. The van der Waals surface area contributed by atoms with Crippen molar-refractivity contribution >= 4 is 17.9 Å². The Labute approximate surface area is 436 Å². The van der Waals surface area contributed by atoms with Crippen LogP contribution in [-0.2, 0) is 28.6 Å². The minimum absolute atomic E-state index is 0.108. The Bertz CT molecular complexity index is 1550. The summed E-state index contributed by atoms with van der Waals surface area (Å²) >= 11 is 0. The van der Waals surface area contributed by atoms with Crippen molar-refractivity contribution < 1.29 is 28.6 Å². The molecule has 0 radical (unpaired) electrons. The summed E-state index contributed by atoms with van der Waals surface area (Å²) in [5, 5.41) is 0. The molecule has 0 heterocycles. The van der Waals surface area contributed by atoms with Crippen LogP contribution in [0.4, 0.5) is 0 Å². The number of hydrogen-bond acceptors (Lipinski definition) is 6. The van der Waals surface area contributed by atoms with Gasteiger partial charge in [-0.3, -0.25) is 14.4 Å². The van der Waals surface area contributed by atoms with Gasteiger partial charge in [0, 0.05) is 19.3 Å². The number of rotatable bonds is 50. The van der Waals surface area contributed by atoms with Crippen molar-refractivity contribution in [3.63, 3.8) is 0 Å². The fourth-order valence-corrected chi connectivity index (χ4v) is 7.37. The number of hydrogen-bond donors (Lipinski definition) is 0. The van der Waals surface area contributed by atoms with Crippen LogP contribution < -0.4 is 0 Å². The van der Waals surface area contributed by atoms with Gasteiger partial charge < -0.3 is 14.2 Å². The normalized spacial score (nSPS) is 13.1. The van der Waals surface area contributed by atoms with Crippen LogP contribution in [0.3, 0.4) is 0 Å². The molecule has 0 saturated carbocycles. The molecule has 0 unspecified atom stereocenters. The lowest BCUT2D eigenvalue weighted by atomic mass is 10.1. The third-order valence-electron chi connectivity index (χ3n) is 11.6. The predicted octanol–water partition coefficient (Wildman–Crippen LogP) is 19.4. The molecule has 0 N–H and O–H groups in total. The highest BCUT2D eigenvalue weighted by Crippen LogP contribution is 2.13. The molecule has 0 aliphatic heterocycles. The second-order valence-corrected chi connectivity index (χ2v) is 18.4. The number of carbonyl (C=O) groups is 3. The van der Waals surface area contributed by atoms with Crippen molar-refractivity contribution in [2.75, 3.05) is 13.2 Å². The first-order chi connectivity index (χ1) is 35.0. The zero-order valence-electron chi connectivity index (χ0n) is 45.7. The highest BCUT2D eigenvalue weighted by Gasteiger charge is 2.19. The van der Waals surface area contributed by atoms with Gasteiger partial charge in [0.2, 0.25) is 0 Å². The van der Waals surface area contributed by atoms with Crippen LogP contribution in [-0.4, -0.2) is 37.2 Å². The van der Waals surface area contributed by atoms with Gasteiger partial charge in [-0.05, 0) is 135 Å². The number of carbonyl (C=O) groups excluding carboxylic acids is 3. The van der Waals surface area contributed by atoms with Crippen LogP contribution in [0, 0.1) is 0 Å². The van der Waals surface area contributed by atoms with E-state index in [2.05, 4.69) is 154 Å². The highest BCUT2D eigenvalue weighted by atomic mass is 16.6. The molecule has 0 aromatic heterocycles. The van der Waals surface area contributed by atoms with Crippen LogP contribution in [0.5, 0.6) is 0 Å². The van der Waals surface area contributed by atoms with Gasteiger partial charge in [0.25, 0.3) is 0 Å². The summed E-state index contributed by atoms with van der Waals surface area (Å²) in [6.07, 6.45) is 81.5. The Kier molecular flexibility index (Phi) is 54.5. The van der Waals surface area contributed by atoms with Crippen LogP contribution in [0.15, 0.2) is 134 Å². The monoisotopic (exact) mass is 981 g/mol. The molecule has 0 spiro atoms. The number of ether oxygens (including phenoxy) is 3. The smallest absolute Gasteiger partial charge is 0.306 e. The lowest BCUT2D eigenvalue weighted by Gasteiger charge is -2.18. The maximum absolute atomic E-state index is 12.9. The lowest BCUT2D eigenvalue weighted by molar-refractivity contribution is -0.167. The average molecular weight is 982 g/mol. The van der Waals surface area contributed by atoms with Gasteiger partial charge in [-0.25, -0.2) is 0 Å². The Balaban J connectivity index is 4.54. The van der Waals surface area contributed by atoms with Crippen molar-refractivity contribution in [3.05, 3.63) is 134 Å². The molecule has 0 aliphatic carbocycles. The summed E-state index contributed by atoms with van der Waals surface area (Å²) in [6, 6.07) is 0. The Morgan fingerprint density at radius 3 is 0.873 bits per heavy atom. The first-order valence-electron chi connectivity index (χ1n) is 28.7. The number of unbranched alkanes of at least 4 members (excludes halogenated alkanes) is 17. The topological polar surface area (TPSA) is 78.9 Å². The molecule has 0 bridgehead atoms. The second-order valence-electron chi connectivity index (χ2n) is 18.4. The van der Waals surface area contributed by atoms with Gasteiger partial charge in [0.1, 0.15) is 13.2 Å². The SMILES string of the molecule is CC/C=C\C/C=C\C/C=C\C/C=C\C/C=C\CCCCCC(=O)O[C@H](COC(=O)CCCCCC/C=C\C/C=C\C/C=C\C/C=C\CC)COC(=O)CCCCCCCCC/C=C\C/C=C\CCCCC. The molecule has 0 aromatic rings. The van der Waals surface area contributed by atoms with Crippen molar-refractivity contribution in [2.45, 2.75) is 245 Å². The first-order valence-corrected chi connectivity index (χ1v) is 28.7. The quantitative estimate of drug-likeness (QED) is 0.0262. The van der Waals surface area contributed by atoms with E-state index in [1.54, 1.807) is 0 Å². The van der Waals surface area contributed by atoms with Gasteiger partial charge in [-0.2, -0.15) is 0 Å². The van der Waals surface area contributed by atoms with E-state index in [1.165, 1.54) is 51.4 Å². The molecular formula is C65H104O6. The largest absolute Gasteiger partial charge is 0.462 e. The van der Waals surface area contributed by atoms with Gasteiger partial charge >= 0.3 is 17.9 Å². The Hall–Kier alpha value is -4.45. The minimum atomic E-state index is -0.815. The number of esters is 3. The van der Waals surface area contributed by atoms with Crippen molar-refractivity contribution in [2.24, 2.45) is 0 Å². The van der Waals surface area contributed by atoms with Crippen molar-refractivity contribution in [1.82, 2.24) is 0 Å². The molecule has 400 valence electrons. The molecule has 0 aliphatic rings. The fourth-order valence-electron chi connectivity index (χ4n) is 7.37. The predicted molar refractivity (Wildman–Crippen MR) is 306 cm³/mol. The van der Waals surface area contributed by atoms with Crippen LogP contribution >= 0.6 is 0 Å². The van der Waals surface area contributed by atoms with Crippen LogP contribution in [0.2, 0.25) is 0 Å². The standard InChI is InChI=1S/C65H104O6/c1-4-7-10-13-16-19-22-25-28-31-32-35-38-41-44-47-50-53-56-59-65(68)71-62(60-69-63(66)57-54-51-48-45-42-39-36-33-29-26-23-20-17-14-11-8-5-2)61-70-64(67)58-55-52-49-46-43-40-37-34-30-27-24-21-18-15-12-9-6-3/h7-8,10-11,16-21,25-30,32,35-36,39,41,44,62H,4-6,9,12-15,22-24,31,33-34,37-38,40,42-43,45-61H2,1-3H3/b10-7-,11-8-,19-16-,20-17-,21-18-,28-25-,29-26-,30-27-,35-32-,39-36-,44-41-/t62-/m1/s1. The molecule has 6 heteroatoms. The van der Waals surface area contributed by atoms with Gasteiger partial charge in [-0.15, -0.1) is 0 Å². The minimum Gasteiger partial charge on any atom is -0.462 e. The van der Waals surface area contributed by atoms with Crippen LogP contribution in [0.1, 0.15) is 239 Å². The second kappa shape index (κ2) is 58.1. The average Bonchev–Trinajstić information content (AvgIpc) is 3.37.